The Balaban J connectivity index is 1.61. The van der Waals surface area contributed by atoms with Gasteiger partial charge in [0.1, 0.15) is 12.3 Å². The van der Waals surface area contributed by atoms with E-state index < -0.39 is 0 Å². The maximum absolute atomic E-state index is 12.8. The first kappa shape index (κ1) is 19.4. The van der Waals surface area contributed by atoms with Gasteiger partial charge < -0.3 is 14.5 Å². The molecule has 0 N–H and O–H groups in total. The van der Waals surface area contributed by atoms with Gasteiger partial charge in [0.15, 0.2) is 0 Å². The first-order valence-corrected chi connectivity index (χ1v) is 9.51. The molecule has 0 aliphatic carbocycles. The van der Waals surface area contributed by atoms with Gasteiger partial charge in [0.2, 0.25) is 11.8 Å². The molecule has 0 saturated carbocycles. The number of carbonyl (C=O) groups excluding carboxylic acids is 2. The van der Waals surface area contributed by atoms with E-state index in [1.807, 2.05) is 29.2 Å². The predicted octanol–water partition coefficient (Wildman–Crippen LogP) is 1.72. The molecule has 2 amide bonds. The summed E-state index contributed by atoms with van der Waals surface area (Å²) in [5.41, 5.74) is 1.13. The van der Waals surface area contributed by atoms with E-state index in [2.05, 4.69) is 17.1 Å². The molecule has 3 aliphatic heterocycles. The number of nitrogens with zero attached hydrogens (tertiary/aromatic N) is 3. The maximum Gasteiger partial charge on any atom is 0.241 e. The average Bonchev–Trinajstić information content (AvgIpc) is 2.94. The third-order valence-corrected chi connectivity index (χ3v) is 5.46. The molecule has 27 heavy (non-hydrogen) atoms. The summed E-state index contributed by atoms with van der Waals surface area (Å²) in [5.74, 6) is 0.986. The van der Waals surface area contributed by atoms with Crippen LogP contribution < -0.4 is 4.74 Å². The number of benzene rings is 1. The maximum atomic E-state index is 12.8. The van der Waals surface area contributed by atoms with Crippen LogP contribution in [0.5, 0.6) is 5.75 Å². The molecule has 4 rings (SSSR count). The average molecular weight is 371 g/mol. The number of carbonyl (C=O) groups is 2. The lowest BCUT2D eigenvalue weighted by atomic mass is 9.94. The molecule has 2 bridgehead atoms. The van der Waals surface area contributed by atoms with E-state index in [0.717, 1.165) is 43.8 Å². The number of amides is 2. The topological polar surface area (TPSA) is 53.1 Å². The molecule has 3 heterocycles. The van der Waals surface area contributed by atoms with Crippen LogP contribution in [-0.4, -0.2) is 79.9 Å². The number of methoxy groups -OCH3 is 1. The minimum Gasteiger partial charge on any atom is -0.497 e. The summed E-state index contributed by atoms with van der Waals surface area (Å²) in [6.07, 6.45) is 6.15. The van der Waals surface area contributed by atoms with E-state index in [1.54, 1.807) is 26.1 Å². The van der Waals surface area contributed by atoms with Gasteiger partial charge >= 0.3 is 0 Å². The minimum atomic E-state index is -0.0122. The summed E-state index contributed by atoms with van der Waals surface area (Å²) in [6, 6.07) is 8.09. The molecular formula is C21H29N3O3. The Bertz CT molecular complexity index is 699. The monoisotopic (exact) mass is 371 g/mol. The molecule has 0 aromatic heterocycles. The van der Waals surface area contributed by atoms with E-state index >= 15 is 0 Å². The van der Waals surface area contributed by atoms with Gasteiger partial charge in [-0.3, -0.25) is 14.5 Å². The van der Waals surface area contributed by atoms with Crippen molar-refractivity contribution >= 4 is 17.9 Å². The Hall–Kier alpha value is -2.34. The number of hydrogen-bond acceptors (Lipinski definition) is 4. The molecular weight excluding hydrogens is 342 g/mol. The molecule has 146 valence electrons. The molecule has 6 heteroatoms. The number of likely N-dealkylation sites (N-methyl/N-ethyl adjacent to an activating group) is 1. The van der Waals surface area contributed by atoms with E-state index in [0.29, 0.717) is 0 Å². The zero-order chi connectivity index (χ0) is 19.4. The van der Waals surface area contributed by atoms with Crippen LogP contribution in [-0.2, 0) is 9.59 Å². The second-order valence-electron chi connectivity index (χ2n) is 7.58. The Morgan fingerprint density at radius 3 is 2.63 bits per heavy atom. The molecule has 6 nitrogen and oxygen atoms in total. The highest BCUT2D eigenvalue weighted by molar-refractivity contribution is 5.86. The van der Waals surface area contributed by atoms with Gasteiger partial charge in [0, 0.05) is 39.8 Å². The summed E-state index contributed by atoms with van der Waals surface area (Å²) in [4.78, 5) is 30.6. The molecule has 3 saturated heterocycles. The molecule has 1 aromatic rings. The van der Waals surface area contributed by atoms with Crippen LogP contribution in [0.1, 0.15) is 18.4 Å². The molecule has 0 radical (unpaired) electrons. The number of fused-ring (bicyclic) bond motifs is 4. The second kappa shape index (κ2) is 8.57. The lowest BCUT2D eigenvalue weighted by molar-refractivity contribution is -0.145. The van der Waals surface area contributed by atoms with Crippen LogP contribution in [0.25, 0.3) is 6.08 Å². The fourth-order valence-electron chi connectivity index (χ4n) is 3.83. The summed E-state index contributed by atoms with van der Waals surface area (Å²) >= 11 is 0. The zero-order valence-corrected chi connectivity index (χ0v) is 16.4. The molecule has 3 aliphatic rings. The van der Waals surface area contributed by atoms with Crippen molar-refractivity contribution in [3.63, 3.8) is 0 Å². The molecule has 3 fully saturated rings. The number of ether oxygens (including phenoxy) is 1. The van der Waals surface area contributed by atoms with Crippen molar-refractivity contribution in [2.45, 2.75) is 18.9 Å². The predicted molar refractivity (Wildman–Crippen MR) is 105 cm³/mol. The van der Waals surface area contributed by atoms with E-state index in [9.17, 15) is 9.59 Å². The summed E-state index contributed by atoms with van der Waals surface area (Å²) in [5, 5.41) is 0. The van der Waals surface area contributed by atoms with Crippen molar-refractivity contribution in [2.75, 3.05) is 47.4 Å². The SMILES string of the molecule is COc1ccc(C=CCN2C[C@@H]3CC[C@H](C2)N(CC(=O)N(C)C)C3=O)cc1. The van der Waals surface area contributed by atoms with E-state index in [1.165, 1.54) is 0 Å². The summed E-state index contributed by atoms with van der Waals surface area (Å²) in [7, 11) is 5.13. The Kier molecular flexibility index (Phi) is 6.16. The Morgan fingerprint density at radius 1 is 1.22 bits per heavy atom. The normalized spacial score (nSPS) is 22.9. The Labute approximate surface area is 161 Å². The first-order valence-electron chi connectivity index (χ1n) is 9.51. The number of hydrogen-bond donors (Lipinski definition) is 0. The van der Waals surface area contributed by atoms with Gasteiger partial charge in [-0.05, 0) is 30.5 Å². The van der Waals surface area contributed by atoms with Crippen molar-refractivity contribution in [3.05, 3.63) is 35.9 Å². The van der Waals surface area contributed by atoms with Gasteiger partial charge in [-0.1, -0.05) is 24.3 Å². The molecule has 1 aromatic carbocycles. The highest BCUT2D eigenvalue weighted by Crippen LogP contribution is 2.29. The van der Waals surface area contributed by atoms with Crippen molar-refractivity contribution in [1.29, 1.82) is 0 Å². The summed E-state index contributed by atoms with van der Waals surface area (Å²) in [6.45, 7) is 2.61. The third kappa shape index (κ3) is 4.69. The lowest BCUT2D eigenvalue weighted by Gasteiger charge is -2.36. The molecule has 2 atom stereocenters. The third-order valence-electron chi connectivity index (χ3n) is 5.46. The van der Waals surface area contributed by atoms with Gasteiger partial charge in [0.25, 0.3) is 0 Å². The minimum absolute atomic E-state index is 0.00750. The van der Waals surface area contributed by atoms with Gasteiger partial charge in [-0.25, -0.2) is 0 Å². The Morgan fingerprint density at radius 2 is 1.96 bits per heavy atom. The van der Waals surface area contributed by atoms with Crippen molar-refractivity contribution in [3.8, 4) is 5.75 Å². The van der Waals surface area contributed by atoms with Crippen LogP contribution >= 0.6 is 0 Å². The lowest BCUT2D eigenvalue weighted by Crippen LogP contribution is -2.51. The summed E-state index contributed by atoms with van der Waals surface area (Å²) < 4.78 is 5.18. The largest absolute Gasteiger partial charge is 0.497 e. The van der Waals surface area contributed by atoms with Crippen molar-refractivity contribution < 1.29 is 14.3 Å². The van der Waals surface area contributed by atoms with Crippen LogP contribution in [0.3, 0.4) is 0 Å². The quantitative estimate of drug-likeness (QED) is 0.764. The zero-order valence-electron chi connectivity index (χ0n) is 16.4. The fraction of sp³-hybridized carbons (Fsp3) is 0.524. The van der Waals surface area contributed by atoms with Crippen LogP contribution in [0.4, 0.5) is 0 Å². The van der Waals surface area contributed by atoms with Crippen LogP contribution in [0, 0.1) is 5.92 Å². The highest BCUT2D eigenvalue weighted by atomic mass is 16.5. The van der Waals surface area contributed by atoms with E-state index in [-0.39, 0.29) is 30.3 Å². The van der Waals surface area contributed by atoms with Gasteiger partial charge in [-0.15, -0.1) is 0 Å². The highest BCUT2D eigenvalue weighted by Gasteiger charge is 2.41. The number of rotatable bonds is 6. The van der Waals surface area contributed by atoms with E-state index in [4.69, 9.17) is 4.74 Å². The van der Waals surface area contributed by atoms with Crippen LogP contribution in [0.2, 0.25) is 0 Å². The first-order chi connectivity index (χ1) is 13.0. The standard InChI is InChI=1S/C21H29N3O3/c1-22(2)20(25)15-24-18-9-8-17(21(24)26)13-23(14-18)12-4-5-16-6-10-19(27-3)11-7-16/h4-7,10-11,17-18H,8-9,12-15H2,1-3H3/t17-,18+/m0/s1. The molecule has 0 unspecified atom stereocenters. The molecule has 0 spiro atoms. The van der Waals surface area contributed by atoms with Gasteiger partial charge in [0.05, 0.1) is 13.0 Å². The fourth-order valence-corrected chi connectivity index (χ4v) is 3.83. The van der Waals surface area contributed by atoms with Gasteiger partial charge in [-0.2, -0.15) is 0 Å². The van der Waals surface area contributed by atoms with Crippen molar-refractivity contribution in [1.82, 2.24) is 14.7 Å². The van der Waals surface area contributed by atoms with Crippen LogP contribution in [0.15, 0.2) is 30.3 Å². The second-order valence-corrected chi connectivity index (χ2v) is 7.58. The smallest absolute Gasteiger partial charge is 0.241 e. The number of piperidine rings is 1. The van der Waals surface area contributed by atoms with Crippen molar-refractivity contribution in [2.24, 2.45) is 5.92 Å².